The number of nitrogens with one attached hydrogen (secondary N) is 2. The molecular weight excluding hydrogens is 136 g/mol. The molecule has 0 aromatic heterocycles. The lowest BCUT2D eigenvalue weighted by molar-refractivity contribution is 0.400. The molecule has 0 aliphatic heterocycles. The van der Waals surface area contributed by atoms with E-state index >= 15 is 0 Å². The van der Waals surface area contributed by atoms with E-state index in [0.29, 0.717) is 12.1 Å². The second kappa shape index (κ2) is 6.38. The van der Waals surface area contributed by atoms with Gasteiger partial charge < -0.3 is 10.6 Å². The molecule has 2 unspecified atom stereocenters. The van der Waals surface area contributed by atoms with Gasteiger partial charge >= 0.3 is 0 Å². The normalized spacial score (nSPS) is 15.9. The Balaban J connectivity index is 3.85. The lowest BCUT2D eigenvalue weighted by Crippen LogP contribution is -2.44. The first-order chi connectivity index (χ1) is 5.29. The predicted molar refractivity (Wildman–Crippen MR) is 50.8 cm³/mol. The van der Waals surface area contributed by atoms with Gasteiger partial charge in [0.05, 0.1) is 0 Å². The molecule has 2 N–H and O–H groups in total. The first kappa shape index (κ1) is 10.7. The SMILES string of the molecule is C=CCC(NC)C(CC)NC. The number of likely N-dealkylation sites (N-methyl/N-ethyl adjacent to an activating group) is 2. The molecule has 66 valence electrons. The van der Waals surface area contributed by atoms with Crippen molar-refractivity contribution < 1.29 is 0 Å². The Morgan fingerprint density at radius 1 is 1.27 bits per heavy atom. The first-order valence-corrected chi connectivity index (χ1v) is 4.25. The summed E-state index contributed by atoms with van der Waals surface area (Å²) in [6.07, 6.45) is 4.13. The average Bonchev–Trinajstić information content (AvgIpc) is 2.05. The molecule has 0 aromatic carbocycles. The summed E-state index contributed by atoms with van der Waals surface area (Å²) in [5.41, 5.74) is 0. The standard InChI is InChI=1S/C9H20N2/c1-5-7-9(11-4)8(6-2)10-3/h5,8-11H,1,6-7H2,2-4H3. The first-order valence-electron chi connectivity index (χ1n) is 4.25. The zero-order valence-electron chi connectivity index (χ0n) is 7.85. The van der Waals surface area contributed by atoms with Gasteiger partial charge in [0, 0.05) is 12.1 Å². The third-order valence-electron chi connectivity index (χ3n) is 2.09. The van der Waals surface area contributed by atoms with Crippen molar-refractivity contribution in [3.8, 4) is 0 Å². The van der Waals surface area contributed by atoms with Crippen LogP contribution in [0.15, 0.2) is 12.7 Å². The van der Waals surface area contributed by atoms with Crippen LogP contribution in [0, 0.1) is 0 Å². The predicted octanol–water partition coefficient (Wildman–Crippen LogP) is 1.15. The van der Waals surface area contributed by atoms with Gasteiger partial charge in [-0.3, -0.25) is 0 Å². The highest BCUT2D eigenvalue weighted by Crippen LogP contribution is 2.02. The monoisotopic (exact) mass is 156 g/mol. The Labute approximate surface area is 70.1 Å². The van der Waals surface area contributed by atoms with Gasteiger partial charge in [-0.1, -0.05) is 13.0 Å². The molecule has 0 heterocycles. The van der Waals surface area contributed by atoms with E-state index in [1.807, 2.05) is 20.2 Å². The van der Waals surface area contributed by atoms with E-state index in [9.17, 15) is 0 Å². The van der Waals surface area contributed by atoms with Gasteiger partial charge in [-0.25, -0.2) is 0 Å². The fraction of sp³-hybridized carbons (Fsp3) is 0.778. The van der Waals surface area contributed by atoms with Gasteiger partial charge in [0.25, 0.3) is 0 Å². The van der Waals surface area contributed by atoms with Crippen molar-refractivity contribution in [3.63, 3.8) is 0 Å². The molecule has 0 amide bonds. The van der Waals surface area contributed by atoms with Crippen LogP contribution in [-0.2, 0) is 0 Å². The van der Waals surface area contributed by atoms with Crippen LogP contribution in [0.5, 0.6) is 0 Å². The fourth-order valence-corrected chi connectivity index (χ4v) is 1.35. The van der Waals surface area contributed by atoms with Crippen LogP contribution >= 0.6 is 0 Å². The molecule has 0 bridgehead atoms. The van der Waals surface area contributed by atoms with Crippen molar-refractivity contribution in [2.24, 2.45) is 0 Å². The minimum atomic E-state index is 0.516. The molecule has 0 fully saturated rings. The van der Waals surface area contributed by atoms with Gasteiger partial charge in [-0.15, -0.1) is 6.58 Å². The summed E-state index contributed by atoms with van der Waals surface area (Å²) in [4.78, 5) is 0. The van der Waals surface area contributed by atoms with Crippen molar-refractivity contribution in [1.29, 1.82) is 0 Å². The topological polar surface area (TPSA) is 24.1 Å². The minimum absolute atomic E-state index is 0.516. The molecular formula is C9H20N2. The van der Waals surface area contributed by atoms with Gasteiger partial charge in [0.15, 0.2) is 0 Å². The Hall–Kier alpha value is -0.340. The summed E-state index contributed by atoms with van der Waals surface area (Å²) in [6.45, 7) is 5.92. The van der Waals surface area contributed by atoms with E-state index in [1.54, 1.807) is 0 Å². The van der Waals surface area contributed by atoms with E-state index in [0.717, 1.165) is 12.8 Å². The third kappa shape index (κ3) is 3.54. The van der Waals surface area contributed by atoms with Crippen LogP contribution < -0.4 is 10.6 Å². The molecule has 0 rings (SSSR count). The molecule has 0 saturated heterocycles. The Bertz CT molecular complexity index is 97.7. The minimum Gasteiger partial charge on any atom is -0.315 e. The van der Waals surface area contributed by atoms with Crippen LogP contribution in [0.4, 0.5) is 0 Å². The van der Waals surface area contributed by atoms with Gasteiger partial charge in [0.1, 0.15) is 0 Å². The smallest absolute Gasteiger partial charge is 0.0252 e. The van der Waals surface area contributed by atoms with Crippen LogP contribution in [0.3, 0.4) is 0 Å². The maximum Gasteiger partial charge on any atom is 0.0252 e. The second-order valence-corrected chi connectivity index (χ2v) is 2.72. The Morgan fingerprint density at radius 2 is 1.82 bits per heavy atom. The summed E-state index contributed by atoms with van der Waals surface area (Å²) >= 11 is 0. The zero-order chi connectivity index (χ0) is 8.69. The van der Waals surface area contributed by atoms with Crippen LogP contribution in [-0.4, -0.2) is 26.2 Å². The highest BCUT2D eigenvalue weighted by atomic mass is 15.0. The number of hydrogen-bond acceptors (Lipinski definition) is 2. The van der Waals surface area contributed by atoms with Crippen LogP contribution in [0.25, 0.3) is 0 Å². The average molecular weight is 156 g/mol. The molecule has 11 heavy (non-hydrogen) atoms. The summed E-state index contributed by atoms with van der Waals surface area (Å²) in [5.74, 6) is 0. The molecule has 0 aliphatic carbocycles. The van der Waals surface area contributed by atoms with E-state index in [-0.39, 0.29) is 0 Å². The van der Waals surface area contributed by atoms with E-state index < -0.39 is 0 Å². The summed E-state index contributed by atoms with van der Waals surface area (Å²) < 4.78 is 0. The fourth-order valence-electron chi connectivity index (χ4n) is 1.35. The highest BCUT2D eigenvalue weighted by molar-refractivity contribution is 4.85. The molecule has 2 heteroatoms. The molecule has 0 saturated carbocycles. The quantitative estimate of drug-likeness (QED) is 0.564. The van der Waals surface area contributed by atoms with Gasteiger partial charge in [-0.2, -0.15) is 0 Å². The van der Waals surface area contributed by atoms with Crippen molar-refractivity contribution in [2.45, 2.75) is 31.8 Å². The van der Waals surface area contributed by atoms with Crippen LogP contribution in [0.2, 0.25) is 0 Å². The summed E-state index contributed by atoms with van der Waals surface area (Å²) in [5, 5.41) is 6.55. The third-order valence-corrected chi connectivity index (χ3v) is 2.09. The zero-order valence-corrected chi connectivity index (χ0v) is 7.85. The maximum absolute atomic E-state index is 3.73. The summed E-state index contributed by atoms with van der Waals surface area (Å²) in [7, 11) is 4.00. The Morgan fingerprint density at radius 3 is 2.09 bits per heavy atom. The largest absolute Gasteiger partial charge is 0.315 e. The molecule has 2 atom stereocenters. The molecule has 2 nitrogen and oxygen atoms in total. The summed E-state index contributed by atoms with van der Waals surface area (Å²) in [6, 6.07) is 1.07. The number of rotatable bonds is 6. The molecule has 0 aliphatic rings. The van der Waals surface area contributed by atoms with E-state index in [1.165, 1.54) is 0 Å². The van der Waals surface area contributed by atoms with E-state index in [4.69, 9.17) is 0 Å². The molecule has 0 aromatic rings. The van der Waals surface area contributed by atoms with Crippen molar-refractivity contribution >= 4 is 0 Å². The second-order valence-electron chi connectivity index (χ2n) is 2.72. The maximum atomic E-state index is 3.73. The van der Waals surface area contributed by atoms with Crippen molar-refractivity contribution in [3.05, 3.63) is 12.7 Å². The Kier molecular flexibility index (Phi) is 6.18. The number of hydrogen-bond donors (Lipinski definition) is 2. The molecule has 0 spiro atoms. The van der Waals surface area contributed by atoms with Crippen molar-refractivity contribution in [1.82, 2.24) is 10.6 Å². The van der Waals surface area contributed by atoms with Gasteiger partial charge in [0.2, 0.25) is 0 Å². The van der Waals surface area contributed by atoms with E-state index in [2.05, 4.69) is 24.1 Å². The lowest BCUT2D eigenvalue weighted by atomic mass is 10.0. The van der Waals surface area contributed by atoms with Crippen molar-refractivity contribution in [2.75, 3.05) is 14.1 Å². The highest BCUT2D eigenvalue weighted by Gasteiger charge is 2.13. The molecule has 0 radical (unpaired) electrons. The van der Waals surface area contributed by atoms with Gasteiger partial charge in [-0.05, 0) is 26.9 Å². The van der Waals surface area contributed by atoms with Crippen LogP contribution in [0.1, 0.15) is 19.8 Å². The lowest BCUT2D eigenvalue weighted by Gasteiger charge is -2.24.